The lowest BCUT2D eigenvalue weighted by atomic mass is 10.2. The summed E-state index contributed by atoms with van der Waals surface area (Å²) in [6.07, 6.45) is 2.08. The van der Waals surface area contributed by atoms with Gasteiger partial charge in [-0.1, -0.05) is 13.8 Å². The quantitative estimate of drug-likeness (QED) is 0.541. The summed E-state index contributed by atoms with van der Waals surface area (Å²) < 4.78 is 0. The molecule has 0 aliphatic rings. The zero-order valence-corrected chi connectivity index (χ0v) is 7.13. The molecule has 2 nitrogen and oxygen atoms in total. The molecule has 0 spiro atoms. The van der Waals surface area contributed by atoms with Crippen LogP contribution >= 0.6 is 0 Å². The van der Waals surface area contributed by atoms with Crippen molar-refractivity contribution in [2.75, 3.05) is 13.1 Å². The largest absolute Gasteiger partial charge is 0.302 e. The average molecular weight is 143 g/mol. The van der Waals surface area contributed by atoms with Crippen molar-refractivity contribution >= 4 is 6.29 Å². The first-order valence-electron chi connectivity index (χ1n) is 3.93. The van der Waals surface area contributed by atoms with Gasteiger partial charge in [0, 0.05) is 6.04 Å². The maximum Gasteiger partial charge on any atom is 0.133 e. The molecule has 0 aromatic heterocycles. The van der Waals surface area contributed by atoms with Crippen molar-refractivity contribution in [3.63, 3.8) is 0 Å². The topological polar surface area (TPSA) is 20.3 Å². The molecule has 0 radical (unpaired) electrons. The van der Waals surface area contributed by atoms with Crippen molar-refractivity contribution in [3.05, 3.63) is 0 Å². The van der Waals surface area contributed by atoms with E-state index in [1.807, 2.05) is 0 Å². The number of carbonyl (C=O) groups excluding carboxylic acids is 1. The highest BCUT2D eigenvalue weighted by atomic mass is 16.1. The van der Waals surface area contributed by atoms with Crippen LogP contribution in [0.15, 0.2) is 0 Å². The third kappa shape index (κ3) is 2.97. The van der Waals surface area contributed by atoms with Crippen LogP contribution in [0.1, 0.15) is 27.2 Å². The number of likely N-dealkylation sites (N-methyl/N-ethyl adjacent to an activating group) is 1. The molecular weight excluding hydrogens is 126 g/mol. The fraction of sp³-hybridized carbons (Fsp3) is 0.875. The smallest absolute Gasteiger partial charge is 0.133 e. The van der Waals surface area contributed by atoms with Crippen molar-refractivity contribution < 1.29 is 4.79 Å². The van der Waals surface area contributed by atoms with E-state index in [2.05, 4.69) is 25.7 Å². The van der Waals surface area contributed by atoms with E-state index < -0.39 is 0 Å². The molecule has 0 N–H and O–H groups in total. The average Bonchev–Trinajstić information content (AvgIpc) is 1.99. The Hall–Kier alpha value is -0.370. The molecule has 2 heteroatoms. The SMILES string of the molecule is CCC(C)N(CC)CC=O. The Labute approximate surface area is 63.2 Å². The molecule has 0 amide bonds. The van der Waals surface area contributed by atoms with Crippen LogP contribution in [0.4, 0.5) is 0 Å². The Morgan fingerprint density at radius 1 is 1.50 bits per heavy atom. The second-order valence-electron chi connectivity index (χ2n) is 2.51. The molecule has 0 saturated carbocycles. The highest BCUT2D eigenvalue weighted by Crippen LogP contribution is 2.00. The Balaban J connectivity index is 3.67. The van der Waals surface area contributed by atoms with Gasteiger partial charge in [0.05, 0.1) is 6.54 Å². The molecule has 0 fully saturated rings. The molecule has 10 heavy (non-hydrogen) atoms. The van der Waals surface area contributed by atoms with Gasteiger partial charge < -0.3 is 4.79 Å². The Kier molecular flexibility index (Phi) is 5.22. The maximum atomic E-state index is 10.2. The molecule has 0 aromatic rings. The van der Waals surface area contributed by atoms with Crippen molar-refractivity contribution in [2.45, 2.75) is 33.2 Å². The van der Waals surface area contributed by atoms with E-state index in [9.17, 15) is 4.79 Å². The summed E-state index contributed by atoms with van der Waals surface area (Å²) in [4.78, 5) is 12.3. The van der Waals surface area contributed by atoms with Gasteiger partial charge in [0.2, 0.25) is 0 Å². The van der Waals surface area contributed by atoms with Crippen LogP contribution in [0, 0.1) is 0 Å². The summed E-state index contributed by atoms with van der Waals surface area (Å²) in [5.41, 5.74) is 0. The number of hydrogen-bond acceptors (Lipinski definition) is 2. The lowest BCUT2D eigenvalue weighted by Crippen LogP contribution is -2.33. The molecular formula is C8H17NO. The van der Waals surface area contributed by atoms with Gasteiger partial charge >= 0.3 is 0 Å². The van der Waals surface area contributed by atoms with E-state index in [0.717, 1.165) is 19.3 Å². The van der Waals surface area contributed by atoms with Gasteiger partial charge in [0.25, 0.3) is 0 Å². The zero-order valence-electron chi connectivity index (χ0n) is 7.13. The first-order chi connectivity index (χ1) is 4.76. The molecule has 0 aliphatic heterocycles. The van der Waals surface area contributed by atoms with E-state index in [1.165, 1.54) is 0 Å². The minimum atomic E-state index is 0.537. The molecule has 0 aromatic carbocycles. The summed E-state index contributed by atoms with van der Waals surface area (Å²) in [6.45, 7) is 7.90. The van der Waals surface area contributed by atoms with Crippen LogP contribution in [-0.2, 0) is 4.79 Å². The molecule has 0 saturated heterocycles. The van der Waals surface area contributed by atoms with Crippen LogP contribution in [0.25, 0.3) is 0 Å². The Morgan fingerprint density at radius 3 is 2.40 bits per heavy atom. The van der Waals surface area contributed by atoms with E-state index >= 15 is 0 Å². The third-order valence-electron chi connectivity index (χ3n) is 1.93. The lowest BCUT2D eigenvalue weighted by Gasteiger charge is -2.23. The predicted octanol–water partition coefficient (Wildman–Crippen LogP) is 1.31. The van der Waals surface area contributed by atoms with Crippen LogP contribution in [0.2, 0.25) is 0 Å². The highest BCUT2D eigenvalue weighted by molar-refractivity contribution is 5.52. The van der Waals surface area contributed by atoms with Gasteiger partial charge in [0.1, 0.15) is 6.29 Å². The number of rotatable bonds is 5. The van der Waals surface area contributed by atoms with Crippen molar-refractivity contribution in [2.24, 2.45) is 0 Å². The summed E-state index contributed by atoms with van der Waals surface area (Å²) in [7, 11) is 0. The second kappa shape index (κ2) is 5.42. The predicted molar refractivity (Wildman–Crippen MR) is 43.1 cm³/mol. The van der Waals surface area contributed by atoms with Crippen molar-refractivity contribution in [1.29, 1.82) is 0 Å². The van der Waals surface area contributed by atoms with Gasteiger partial charge in [-0.2, -0.15) is 0 Å². The molecule has 0 aliphatic carbocycles. The van der Waals surface area contributed by atoms with E-state index in [-0.39, 0.29) is 0 Å². The summed E-state index contributed by atoms with van der Waals surface area (Å²) in [5.74, 6) is 0. The first kappa shape index (κ1) is 9.63. The van der Waals surface area contributed by atoms with Crippen LogP contribution in [-0.4, -0.2) is 30.3 Å². The van der Waals surface area contributed by atoms with Gasteiger partial charge in [-0.05, 0) is 19.9 Å². The Bertz CT molecular complexity index is 93.3. The zero-order chi connectivity index (χ0) is 7.98. The minimum absolute atomic E-state index is 0.537. The van der Waals surface area contributed by atoms with E-state index in [1.54, 1.807) is 0 Å². The van der Waals surface area contributed by atoms with E-state index in [4.69, 9.17) is 0 Å². The first-order valence-corrected chi connectivity index (χ1v) is 3.93. The van der Waals surface area contributed by atoms with Gasteiger partial charge in [0.15, 0.2) is 0 Å². The molecule has 1 atom stereocenters. The van der Waals surface area contributed by atoms with Crippen LogP contribution < -0.4 is 0 Å². The van der Waals surface area contributed by atoms with Crippen LogP contribution in [0.3, 0.4) is 0 Å². The normalized spacial score (nSPS) is 13.6. The van der Waals surface area contributed by atoms with Gasteiger partial charge in [-0.25, -0.2) is 0 Å². The summed E-state index contributed by atoms with van der Waals surface area (Å²) >= 11 is 0. The second-order valence-corrected chi connectivity index (χ2v) is 2.51. The molecule has 0 rings (SSSR count). The number of aldehydes is 1. The van der Waals surface area contributed by atoms with Crippen molar-refractivity contribution in [1.82, 2.24) is 4.90 Å². The summed E-state index contributed by atoms with van der Waals surface area (Å²) in [6, 6.07) is 0.537. The van der Waals surface area contributed by atoms with Gasteiger partial charge in [-0.3, -0.25) is 4.90 Å². The lowest BCUT2D eigenvalue weighted by molar-refractivity contribution is -0.109. The molecule has 60 valence electrons. The monoisotopic (exact) mass is 143 g/mol. The molecule has 0 bridgehead atoms. The van der Waals surface area contributed by atoms with Crippen molar-refractivity contribution in [3.8, 4) is 0 Å². The van der Waals surface area contributed by atoms with E-state index in [0.29, 0.717) is 12.6 Å². The molecule has 0 heterocycles. The minimum Gasteiger partial charge on any atom is -0.302 e. The fourth-order valence-electron chi connectivity index (χ4n) is 0.975. The Morgan fingerprint density at radius 2 is 2.10 bits per heavy atom. The summed E-state index contributed by atoms with van der Waals surface area (Å²) in [5, 5.41) is 0. The number of hydrogen-bond donors (Lipinski definition) is 0. The maximum absolute atomic E-state index is 10.2. The standard InChI is InChI=1S/C8H17NO/c1-4-8(3)9(5-2)6-7-10/h7-8H,4-6H2,1-3H3. The number of nitrogens with zero attached hydrogens (tertiary/aromatic N) is 1. The fourth-order valence-corrected chi connectivity index (χ4v) is 0.975. The van der Waals surface area contributed by atoms with Crippen LogP contribution in [0.5, 0.6) is 0 Å². The van der Waals surface area contributed by atoms with Gasteiger partial charge in [-0.15, -0.1) is 0 Å². The number of carbonyl (C=O) groups is 1. The molecule has 1 unspecified atom stereocenters. The highest BCUT2D eigenvalue weighted by Gasteiger charge is 2.07. The third-order valence-corrected chi connectivity index (χ3v) is 1.93.